The van der Waals surface area contributed by atoms with Gasteiger partial charge in [-0.2, -0.15) is 5.10 Å². The minimum Gasteiger partial charge on any atom is -0.314 e. The zero-order chi connectivity index (χ0) is 20.8. The molecule has 150 valence electrons. The molecule has 1 atom stereocenters. The second-order valence-corrected chi connectivity index (χ2v) is 8.90. The fraction of sp³-hybridized carbons (Fsp3) is 0.333. The maximum atomic E-state index is 7.06. The van der Waals surface area contributed by atoms with Crippen LogP contribution in [0.15, 0.2) is 41.9 Å². The lowest BCUT2D eigenvalue weighted by Crippen LogP contribution is -2.39. The molecule has 2 aromatic heterocycles. The minimum absolute atomic E-state index is 0.650. The first-order valence-electron chi connectivity index (χ1n) is 10.1. The second-order valence-electron chi connectivity index (χ2n) is 8.01. The summed E-state index contributed by atoms with van der Waals surface area (Å²) in [6, 6.07) is 10.9. The van der Waals surface area contributed by atoms with Crippen LogP contribution in [-0.4, -0.2) is 14.8 Å². The van der Waals surface area contributed by atoms with Crippen LogP contribution in [0.1, 0.15) is 47.2 Å². The molecule has 2 heterocycles. The van der Waals surface area contributed by atoms with E-state index in [-0.39, 0.29) is 0 Å². The summed E-state index contributed by atoms with van der Waals surface area (Å²) in [6.07, 6.45) is 3.63. The van der Waals surface area contributed by atoms with Crippen LogP contribution < -0.4 is 5.73 Å². The number of nitrogens with zero attached hydrogens (tertiary/aromatic N) is 3. The van der Waals surface area contributed by atoms with Crippen molar-refractivity contribution in [3.63, 3.8) is 0 Å². The zero-order valence-corrected chi connectivity index (χ0v) is 18.6. The van der Waals surface area contributed by atoms with Crippen molar-refractivity contribution in [2.75, 3.05) is 0 Å². The molecule has 4 rings (SSSR count). The molecule has 2 aromatic carbocycles. The Bertz CT molecular complexity index is 1150. The number of aromatic nitrogens is 3. The molecule has 0 saturated carbocycles. The largest absolute Gasteiger partial charge is 0.314 e. The number of fused-ring (bicyclic) bond motifs is 1. The van der Waals surface area contributed by atoms with E-state index in [1.807, 2.05) is 23.3 Å². The SMILES string of the molecule is CCCC(N)(c1nccs1)c1c2cccc(-c3c(C)cc(C)cc3C)c2nn1C. The normalized spacial score (nSPS) is 13.7. The Morgan fingerprint density at radius 2 is 1.86 bits per heavy atom. The Balaban J connectivity index is 2.01. The van der Waals surface area contributed by atoms with E-state index < -0.39 is 5.54 Å². The number of hydrogen-bond acceptors (Lipinski definition) is 4. The van der Waals surface area contributed by atoms with Gasteiger partial charge >= 0.3 is 0 Å². The maximum absolute atomic E-state index is 7.06. The van der Waals surface area contributed by atoms with Crippen LogP contribution in [0, 0.1) is 20.8 Å². The van der Waals surface area contributed by atoms with Gasteiger partial charge in [-0.25, -0.2) is 4.98 Å². The minimum atomic E-state index is -0.650. The van der Waals surface area contributed by atoms with Gasteiger partial charge in [-0.1, -0.05) is 49.2 Å². The average Bonchev–Trinajstić information content (AvgIpc) is 3.29. The van der Waals surface area contributed by atoms with E-state index in [1.165, 1.54) is 22.3 Å². The smallest absolute Gasteiger partial charge is 0.119 e. The van der Waals surface area contributed by atoms with Crippen molar-refractivity contribution in [2.24, 2.45) is 12.8 Å². The van der Waals surface area contributed by atoms with Crippen molar-refractivity contribution in [1.29, 1.82) is 0 Å². The summed E-state index contributed by atoms with van der Waals surface area (Å²) in [6.45, 7) is 8.67. The Kier molecular flexibility index (Phi) is 5.05. The monoisotopic (exact) mass is 404 g/mol. The summed E-state index contributed by atoms with van der Waals surface area (Å²) in [5, 5.41) is 9.01. The molecule has 5 heteroatoms. The van der Waals surface area contributed by atoms with Gasteiger partial charge in [0.05, 0.1) is 5.69 Å². The zero-order valence-electron chi connectivity index (χ0n) is 17.8. The molecule has 2 N–H and O–H groups in total. The topological polar surface area (TPSA) is 56.7 Å². The molecule has 0 amide bonds. The first-order valence-corrected chi connectivity index (χ1v) is 11.0. The summed E-state index contributed by atoms with van der Waals surface area (Å²) in [5.41, 5.74) is 14.7. The van der Waals surface area contributed by atoms with Gasteiger partial charge < -0.3 is 5.73 Å². The van der Waals surface area contributed by atoms with Crippen molar-refractivity contribution in [3.05, 3.63) is 69.3 Å². The third-order valence-corrected chi connectivity index (χ3v) is 6.64. The van der Waals surface area contributed by atoms with Crippen molar-refractivity contribution in [1.82, 2.24) is 14.8 Å². The Morgan fingerprint density at radius 1 is 1.14 bits per heavy atom. The van der Waals surface area contributed by atoms with Crippen LogP contribution in [0.3, 0.4) is 0 Å². The molecule has 1 unspecified atom stereocenters. The fourth-order valence-corrected chi connectivity index (χ4v) is 5.50. The molecular formula is C24H28N4S. The van der Waals surface area contributed by atoms with E-state index in [2.05, 4.69) is 63.0 Å². The summed E-state index contributed by atoms with van der Waals surface area (Å²) in [4.78, 5) is 4.58. The van der Waals surface area contributed by atoms with Crippen LogP contribution >= 0.6 is 11.3 Å². The van der Waals surface area contributed by atoms with Crippen molar-refractivity contribution in [3.8, 4) is 11.1 Å². The van der Waals surface area contributed by atoms with Crippen LogP contribution in [-0.2, 0) is 12.6 Å². The Morgan fingerprint density at radius 3 is 2.48 bits per heavy atom. The standard InChI is InChI=1S/C24H28N4S/c1-6-10-24(25,23-26-11-12-29-23)22-19-9-7-8-18(21(19)27-28(22)5)20-16(3)13-15(2)14-17(20)4/h7-9,11-14H,6,10,25H2,1-5H3. The predicted molar refractivity (Wildman–Crippen MR) is 122 cm³/mol. The number of aryl methyl sites for hydroxylation is 4. The highest BCUT2D eigenvalue weighted by Gasteiger charge is 2.36. The number of thiazole rings is 1. The highest BCUT2D eigenvalue weighted by Crippen LogP contribution is 2.40. The quantitative estimate of drug-likeness (QED) is 0.469. The van der Waals surface area contributed by atoms with Gasteiger partial charge in [0.15, 0.2) is 0 Å². The van der Waals surface area contributed by atoms with Gasteiger partial charge in [-0.3, -0.25) is 4.68 Å². The lowest BCUT2D eigenvalue weighted by Gasteiger charge is -2.27. The predicted octanol–water partition coefficient (Wildman–Crippen LogP) is 5.62. The highest BCUT2D eigenvalue weighted by molar-refractivity contribution is 7.09. The number of hydrogen-bond donors (Lipinski definition) is 1. The average molecular weight is 405 g/mol. The Hall–Kier alpha value is -2.50. The van der Waals surface area contributed by atoms with Gasteiger partial charge in [0.25, 0.3) is 0 Å². The molecular weight excluding hydrogens is 376 g/mol. The lowest BCUT2D eigenvalue weighted by molar-refractivity contribution is 0.448. The number of rotatable bonds is 5. The van der Waals surface area contributed by atoms with Crippen molar-refractivity contribution >= 4 is 22.2 Å². The van der Waals surface area contributed by atoms with Gasteiger partial charge in [0, 0.05) is 29.6 Å². The van der Waals surface area contributed by atoms with E-state index in [9.17, 15) is 0 Å². The summed E-state index contributed by atoms with van der Waals surface area (Å²) in [7, 11) is 2.00. The molecule has 29 heavy (non-hydrogen) atoms. The molecule has 0 radical (unpaired) electrons. The van der Waals surface area contributed by atoms with E-state index in [1.54, 1.807) is 11.3 Å². The number of nitrogens with two attached hydrogens (primary N) is 1. The fourth-order valence-electron chi connectivity index (χ4n) is 4.72. The van der Waals surface area contributed by atoms with Crippen molar-refractivity contribution in [2.45, 2.75) is 46.1 Å². The summed E-state index contributed by atoms with van der Waals surface area (Å²) in [5.74, 6) is 0. The van der Waals surface area contributed by atoms with E-state index in [0.29, 0.717) is 0 Å². The number of benzene rings is 2. The van der Waals surface area contributed by atoms with Crippen molar-refractivity contribution < 1.29 is 0 Å². The summed E-state index contributed by atoms with van der Waals surface area (Å²) >= 11 is 1.62. The Labute approximate surface area is 176 Å². The van der Waals surface area contributed by atoms with Crippen LogP contribution in [0.25, 0.3) is 22.0 Å². The third-order valence-electron chi connectivity index (χ3n) is 5.69. The molecule has 0 aliphatic carbocycles. The molecule has 4 nitrogen and oxygen atoms in total. The second kappa shape index (κ2) is 7.39. The molecule has 0 saturated heterocycles. The lowest BCUT2D eigenvalue weighted by atomic mass is 9.87. The van der Waals surface area contributed by atoms with E-state index >= 15 is 0 Å². The molecule has 0 aliphatic heterocycles. The van der Waals surface area contributed by atoms with Crippen LogP contribution in [0.5, 0.6) is 0 Å². The van der Waals surface area contributed by atoms with Gasteiger partial charge in [-0.05, 0) is 43.9 Å². The van der Waals surface area contributed by atoms with E-state index in [0.717, 1.165) is 40.0 Å². The first-order chi connectivity index (χ1) is 13.9. The van der Waals surface area contributed by atoms with Crippen LogP contribution in [0.4, 0.5) is 0 Å². The van der Waals surface area contributed by atoms with E-state index in [4.69, 9.17) is 10.8 Å². The van der Waals surface area contributed by atoms with Crippen LogP contribution in [0.2, 0.25) is 0 Å². The molecule has 0 fully saturated rings. The molecule has 0 spiro atoms. The van der Waals surface area contributed by atoms with Gasteiger partial charge in [0.1, 0.15) is 16.1 Å². The molecule has 0 aliphatic rings. The molecule has 4 aromatic rings. The highest BCUT2D eigenvalue weighted by atomic mass is 32.1. The van der Waals surface area contributed by atoms with Gasteiger partial charge in [-0.15, -0.1) is 11.3 Å². The maximum Gasteiger partial charge on any atom is 0.119 e. The summed E-state index contributed by atoms with van der Waals surface area (Å²) < 4.78 is 1.96. The first kappa shape index (κ1) is 19.8. The molecule has 0 bridgehead atoms. The third kappa shape index (κ3) is 3.18. The van der Waals surface area contributed by atoms with Gasteiger partial charge in [0.2, 0.25) is 0 Å².